The molecular weight excluding hydrogens is 264 g/mol. The van der Waals surface area contributed by atoms with Gasteiger partial charge >= 0.3 is 0 Å². The topological polar surface area (TPSA) is 38.7 Å². The number of aliphatic hydroxyl groups is 1. The maximum atomic E-state index is 10.8. The third kappa shape index (κ3) is 2.95. The number of fused-ring (bicyclic) bond motifs is 1. The van der Waals surface area contributed by atoms with E-state index in [2.05, 4.69) is 12.1 Å². The van der Waals surface area contributed by atoms with Crippen molar-refractivity contribution in [2.45, 2.75) is 63.1 Å². The van der Waals surface area contributed by atoms with E-state index >= 15 is 0 Å². The Morgan fingerprint density at radius 1 is 1.33 bits per heavy atom. The van der Waals surface area contributed by atoms with Crippen LogP contribution in [0.25, 0.3) is 0 Å². The summed E-state index contributed by atoms with van der Waals surface area (Å²) >= 11 is 0. The molecule has 0 saturated heterocycles. The van der Waals surface area contributed by atoms with E-state index < -0.39 is 0 Å². The highest BCUT2D eigenvalue weighted by molar-refractivity contribution is 5.37. The average molecular weight is 290 g/mol. The van der Waals surface area contributed by atoms with Crippen molar-refractivity contribution in [3.8, 4) is 5.75 Å². The molecule has 3 heteroatoms. The highest BCUT2D eigenvalue weighted by Crippen LogP contribution is 2.42. The molecule has 1 N–H and O–H groups in total. The molecule has 1 saturated carbocycles. The average Bonchev–Trinajstić information content (AvgIpc) is 2.98. The lowest BCUT2D eigenvalue weighted by Gasteiger charge is -2.37. The van der Waals surface area contributed by atoms with Crippen LogP contribution < -0.4 is 4.74 Å². The summed E-state index contributed by atoms with van der Waals surface area (Å²) in [5.41, 5.74) is 0.939. The fourth-order valence-electron chi connectivity index (χ4n) is 3.98. The van der Waals surface area contributed by atoms with Crippen molar-refractivity contribution in [1.82, 2.24) is 0 Å². The van der Waals surface area contributed by atoms with Crippen LogP contribution in [0.2, 0.25) is 0 Å². The summed E-state index contributed by atoms with van der Waals surface area (Å²) < 4.78 is 11.7. The minimum absolute atomic E-state index is 0.304. The molecule has 116 valence electrons. The third-order valence-corrected chi connectivity index (χ3v) is 5.08. The van der Waals surface area contributed by atoms with Gasteiger partial charge in [-0.05, 0) is 50.2 Å². The molecule has 2 atom stereocenters. The van der Waals surface area contributed by atoms with E-state index in [9.17, 15) is 5.11 Å². The molecule has 0 bridgehead atoms. The molecule has 2 unspecified atom stereocenters. The Labute approximate surface area is 127 Å². The van der Waals surface area contributed by atoms with Crippen molar-refractivity contribution in [3.05, 3.63) is 29.8 Å². The minimum atomic E-state index is -0.379. The van der Waals surface area contributed by atoms with Gasteiger partial charge in [-0.25, -0.2) is 0 Å². The van der Waals surface area contributed by atoms with Crippen LogP contribution in [-0.2, 0) is 4.74 Å². The Balaban J connectivity index is 1.74. The van der Waals surface area contributed by atoms with Crippen LogP contribution >= 0.6 is 0 Å². The molecule has 3 nitrogen and oxygen atoms in total. The molecule has 0 aromatic heterocycles. The van der Waals surface area contributed by atoms with Gasteiger partial charge in [0.1, 0.15) is 5.75 Å². The summed E-state index contributed by atoms with van der Waals surface area (Å²) in [6.07, 6.45) is 5.70. The van der Waals surface area contributed by atoms with Crippen LogP contribution in [0.15, 0.2) is 24.3 Å². The van der Waals surface area contributed by atoms with Gasteiger partial charge in [-0.3, -0.25) is 0 Å². The molecular formula is C18H26O3. The van der Waals surface area contributed by atoms with Crippen molar-refractivity contribution in [2.75, 3.05) is 13.2 Å². The lowest BCUT2D eigenvalue weighted by Crippen LogP contribution is -2.43. The summed E-state index contributed by atoms with van der Waals surface area (Å²) in [6, 6.07) is 8.23. The van der Waals surface area contributed by atoms with Crippen molar-refractivity contribution in [2.24, 2.45) is 0 Å². The van der Waals surface area contributed by atoms with E-state index in [4.69, 9.17) is 9.47 Å². The van der Waals surface area contributed by atoms with E-state index in [1.165, 1.54) is 18.4 Å². The van der Waals surface area contributed by atoms with Gasteiger partial charge in [0.2, 0.25) is 0 Å². The zero-order valence-corrected chi connectivity index (χ0v) is 12.9. The second-order valence-corrected chi connectivity index (χ2v) is 6.33. The largest absolute Gasteiger partial charge is 0.493 e. The monoisotopic (exact) mass is 290 g/mol. The van der Waals surface area contributed by atoms with Gasteiger partial charge in [0, 0.05) is 6.61 Å². The second kappa shape index (κ2) is 6.37. The molecule has 1 aliphatic carbocycles. The van der Waals surface area contributed by atoms with Crippen molar-refractivity contribution in [3.63, 3.8) is 0 Å². The summed E-state index contributed by atoms with van der Waals surface area (Å²) in [4.78, 5) is 0. The van der Waals surface area contributed by atoms with Gasteiger partial charge in [0.05, 0.1) is 18.3 Å². The molecule has 1 aromatic rings. The summed E-state index contributed by atoms with van der Waals surface area (Å²) in [5.74, 6) is 1.36. The molecule has 0 radical (unpaired) electrons. The molecule has 1 aromatic carbocycles. The number of hydrogen-bond acceptors (Lipinski definition) is 3. The second-order valence-electron chi connectivity index (χ2n) is 6.33. The Morgan fingerprint density at radius 3 is 2.86 bits per heavy atom. The lowest BCUT2D eigenvalue weighted by molar-refractivity contribution is -0.121. The molecule has 2 aliphatic rings. The first-order chi connectivity index (χ1) is 10.2. The molecule has 1 heterocycles. The first-order valence-electron chi connectivity index (χ1n) is 8.29. The third-order valence-electron chi connectivity index (χ3n) is 5.08. The molecule has 0 amide bonds. The zero-order valence-electron chi connectivity index (χ0n) is 12.9. The SMILES string of the molecule is CCOC1(C(O)CC2CCOc3ccccc32)CCCC1. The number of ether oxygens (including phenoxy) is 2. The van der Waals surface area contributed by atoms with Crippen LogP contribution in [-0.4, -0.2) is 30.0 Å². The number of benzene rings is 1. The highest BCUT2D eigenvalue weighted by Gasteiger charge is 2.42. The van der Waals surface area contributed by atoms with E-state index in [0.29, 0.717) is 12.5 Å². The molecule has 3 rings (SSSR count). The Morgan fingerprint density at radius 2 is 2.10 bits per heavy atom. The predicted molar refractivity (Wildman–Crippen MR) is 82.7 cm³/mol. The highest BCUT2D eigenvalue weighted by atomic mass is 16.5. The fraction of sp³-hybridized carbons (Fsp3) is 0.667. The normalized spacial score (nSPS) is 25.1. The Hall–Kier alpha value is -1.06. The van der Waals surface area contributed by atoms with Crippen molar-refractivity contribution in [1.29, 1.82) is 0 Å². The number of aliphatic hydroxyl groups excluding tert-OH is 1. The first kappa shape index (κ1) is 14.9. The van der Waals surface area contributed by atoms with Gasteiger partial charge in [-0.1, -0.05) is 31.0 Å². The fourth-order valence-corrected chi connectivity index (χ4v) is 3.98. The van der Waals surface area contributed by atoms with Crippen LogP contribution in [0.4, 0.5) is 0 Å². The van der Waals surface area contributed by atoms with Crippen LogP contribution in [0.5, 0.6) is 5.75 Å². The van der Waals surface area contributed by atoms with Crippen LogP contribution in [0.1, 0.15) is 56.9 Å². The van der Waals surface area contributed by atoms with E-state index in [1.807, 2.05) is 19.1 Å². The van der Waals surface area contributed by atoms with Gasteiger partial charge in [0.15, 0.2) is 0 Å². The number of hydrogen-bond donors (Lipinski definition) is 1. The first-order valence-corrected chi connectivity index (χ1v) is 8.29. The van der Waals surface area contributed by atoms with Crippen LogP contribution in [0.3, 0.4) is 0 Å². The van der Waals surface area contributed by atoms with Gasteiger partial charge < -0.3 is 14.6 Å². The van der Waals surface area contributed by atoms with Crippen LogP contribution in [0, 0.1) is 0 Å². The van der Waals surface area contributed by atoms with Gasteiger partial charge in [0.25, 0.3) is 0 Å². The van der Waals surface area contributed by atoms with E-state index in [-0.39, 0.29) is 11.7 Å². The predicted octanol–water partition coefficient (Wildman–Crippen LogP) is 3.65. The molecule has 1 fully saturated rings. The van der Waals surface area contributed by atoms with E-state index in [1.54, 1.807) is 0 Å². The standard InChI is InChI=1S/C18H26O3/c1-2-21-18(10-5-6-11-18)17(19)13-14-9-12-20-16-8-4-3-7-15(14)16/h3-4,7-8,14,17,19H,2,5-6,9-13H2,1H3. The maximum Gasteiger partial charge on any atom is 0.122 e. The Kier molecular flexibility index (Phi) is 4.51. The van der Waals surface area contributed by atoms with E-state index in [0.717, 1.165) is 38.0 Å². The molecule has 1 aliphatic heterocycles. The number of para-hydroxylation sites is 1. The number of rotatable bonds is 5. The summed E-state index contributed by atoms with van der Waals surface area (Å²) in [5, 5.41) is 10.8. The van der Waals surface area contributed by atoms with Gasteiger partial charge in [-0.15, -0.1) is 0 Å². The molecule has 21 heavy (non-hydrogen) atoms. The summed E-state index contributed by atoms with van der Waals surface area (Å²) in [6.45, 7) is 3.45. The van der Waals surface area contributed by atoms with Crippen molar-refractivity contribution < 1.29 is 14.6 Å². The maximum absolute atomic E-state index is 10.8. The zero-order chi connectivity index (χ0) is 14.7. The quantitative estimate of drug-likeness (QED) is 0.899. The smallest absolute Gasteiger partial charge is 0.122 e. The molecule has 0 spiro atoms. The van der Waals surface area contributed by atoms with Crippen molar-refractivity contribution >= 4 is 0 Å². The minimum Gasteiger partial charge on any atom is -0.493 e. The summed E-state index contributed by atoms with van der Waals surface area (Å²) in [7, 11) is 0. The van der Waals surface area contributed by atoms with Gasteiger partial charge in [-0.2, -0.15) is 0 Å². The lowest BCUT2D eigenvalue weighted by atomic mass is 9.82. The Bertz CT molecular complexity index is 465.